The Hall–Kier alpha value is -2.34. The standard InChI is InChI=1S/C21H26ClN3O6S2/c1-15-17(22)7-6-8-19(15)25(32(3,27)28)14-21(26)23-18-13-16(9-10-20(18)31-2)33(29,30)24-11-4-5-12-24/h6-10,13H,4-5,11-12,14H2,1-3H3,(H,23,26). The van der Waals surface area contributed by atoms with Gasteiger partial charge in [-0.05, 0) is 55.7 Å². The number of carbonyl (C=O) groups is 1. The summed E-state index contributed by atoms with van der Waals surface area (Å²) in [5.41, 5.74) is 0.908. The van der Waals surface area contributed by atoms with Crippen LogP contribution in [0.25, 0.3) is 0 Å². The molecule has 12 heteroatoms. The van der Waals surface area contributed by atoms with E-state index < -0.39 is 32.5 Å². The molecule has 3 rings (SSSR count). The lowest BCUT2D eigenvalue weighted by atomic mass is 10.2. The molecule has 9 nitrogen and oxygen atoms in total. The topological polar surface area (TPSA) is 113 Å². The molecule has 0 aliphatic carbocycles. The summed E-state index contributed by atoms with van der Waals surface area (Å²) >= 11 is 6.13. The van der Waals surface area contributed by atoms with Crippen molar-refractivity contribution >= 4 is 48.9 Å². The average Bonchev–Trinajstić information content (AvgIpc) is 3.29. The van der Waals surface area contributed by atoms with Crippen molar-refractivity contribution in [3.05, 3.63) is 47.0 Å². The molecular formula is C21H26ClN3O6S2. The first-order valence-corrected chi connectivity index (χ1v) is 13.8. The number of ether oxygens (including phenoxy) is 1. The van der Waals surface area contributed by atoms with Crippen LogP contribution < -0.4 is 14.4 Å². The van der Waals surface area contributed by atoms with E-state index in [0.29, 0.717) is 23.7 Å². The number of hydrogen-bond donors (Lipinski definition) is 1. The number of nitrogens with one attached hydrogen (secondary N) is 1. The molecule has 0 unspecified atom stereocenters. The van der Waals surface area contributed by atoms with E-state index in [-0.39, 0.29) is 22.0 Å². The van der Waals surface area contributed by atoms with Gasteiger partial charge in [0.2, 0.25) is 26.0 Å². The summed E-state index contributed by atoms with van der Waals surface area (Å²) < 4.78 is 58.3. The second-order valence-electron chi connectivity index (χ2n) is 7.68. The lowest BCUT2D eigenvalue weighted by Gasteiger charge is -2.24. The fourth-order valence-electron chi connectivity index (χ4n) is 3.59. The van der Waals surface area contributed by atoms with Gasteiger partial charge < -0.3 is 10.1 Å². The maximum atomic E-state index is 12.9. The largest absolute Gasteiger partial charge is 0.495 e. The number of methoxy groups -OCH3 is 1. The summed E-state index contributed by atoms with van der Waals surface area (Å²) in [4.78, 5) is 12.9. The van der Waals surface area contributed by atoms with Gasteiger partial charge in [0, 0.05) is 18.1 Å². The van der Waals surface area contributed by atoms with E-state index in [1.54, 1.807) is 25.1 Å². The molecule has 1 aliphatic heterocycles. The van der Waals surface area contributed by atoms with Crippen molar-refractivity contribution in [1.29, 1.82) is 0 Å². The fraction of sp³-hybridized carbons (Fsp3) is 0.381. The third-order valence-electron chi connectivity index (χ3n) is 5.34. The number of hydrogen-bond acceptors (Lipinski definition) is 6. The van der Waals surface area contributed by atoms with E-state index in [4.69, 9.17) is 16.3 Å². The minimum atomic E-state index is -3.82. The van der Waals surface area contributed by atoms with Gasteiger partial charge in [-0.25, -0.2) is 16.8 Å². The molecule has 180 valence electrons. The number of carbonyl (C=O) groups excluding carboxylic acids is 1. The zero-order chi connectivity index (χ0) is 24.4. The lowest BCUT2D eigenvalue weighted by Crippen LogP contribution is -2.38. The number of halogens is 1. The molecule has 0 spiro atoms. The first kappa shape index (κ1) is 25.3. The van der Waals surface area contributed by atoms with Crippen molar-refractivity contribution in [2.45, 2.75) is 24.7 Å². The molecule has 0 atom stereocenters. The molecular weight excluding hydrogens is 490 g/mol. The smallest absolute Gasteiger partial charge is 0.245 e. The van der Waals surface area contributed by atoms with Crippen LogP contribution in [0.15, 0.2) is 41.3 Å². The summed E-state index contributed by atoms with van der Waals surface area (Å²) in [6, 6.07) is 8.96. The maximum absolute atomic E-state index is 12.9. The fourth-order valence-corrected chi connectivity index (χ4v) is 6.21. The minimum Gasteiger partial charge on any atom is -0.495 e. The summed E-state index contributed by atoms with van der Waals surface area (Å²) in [6.45, 7) is 2.01. The van der Waals surface area contributed by atoms with Crippen molar-refractivity contribution in [2.75, 3.05) is 42.6 Å². The lowest BCUT2D eigenvalue weighted by molar-refractivity contribution is -0.114. The molecule has 0 radical (unpaired) electrons. The summed E-state index contributed by atoms with van der Waals surface area (Å²) in [5.74, 6) is -0.428. The van der Waals surface area contributed by atoms with Crippen LogP contribution >= 0.6 is 11.6 Å². The molecule has 0 saturated carbocycles. The molecule has 0 aromatic heterocycles. The maximum Gasteiger partial charge on any atom is 0.245 e. The highest BCUT2D eigenvalue weighted by atomic mass is 35.5. The third-order valence-corrected chi connectivity index (χ3v) is 8.77. The van der Waals surface area contributed by atoms with Crippen LogP contribution in [0.2, 0.25) is 5.02 Å². The quantitative estimate of drug-likeness (QED) is 0.578. The van der Waals surface area contributed by atoms with Crippen molar-refractivity contribution in [2.24, 2.45) is 0 Å². The van der Waals surface area contributed by atoms with Gasteiger partial charge in [-0.15, -0.1) is 0 Å². The minimum absolute atomic E-state index is 0.0196. The number of amides is 1. The van der Waals surface area contributed by atoms with E-state index in [0.717, 1.165) is 23.4 Å². The number of sulfonamides is 2. The second-order valence-corrected chi connectivity index (χ2v) is 11.9. The summed E-state index contributed by atoms with van der Waals surface area (Å²) in [6.07, 6.45) is 2.58. The van der Waals surface area contributed by atoms with E-state index in [1.807, 2.05) is 0 Å². The van der Waals surface area contributed by atoms with Crippen molar-refractivity contribution in [3.63, 3.8) is 0 Å². The van der Waals surface area contributed by atoms with Gasteiger partial charge in [-0.2, -0.15) is 4.31 Å². The molecule has 1 heterocycles. The van der Waals surface area contributed by atoms with Crippen LogP contribution in [0.1, 0.15) is 18.4 Å². The Morgan fingerprint density at radius 3 is 2.42 bits per heavy atom. The summed E-state index contributed by atoms with van der Waals surface area (Å²) in [7, 11) is -6.15. The Bertz CT molecular complexity index is 1260. The Kier molecular flexibility index (Phi) is 7.57. The highest BCUT2D eigenvalue weighted by Crippen LogP contribution is 2.31. The van der Waals surface area contributed by atoms with E-state index >= 15 is 0 Å². The molecule has 1 fully saturated rings. The van der Waals surface area contributed by atoms with Crippen LogP contribution in [0.5, 0.6) is 5.75 Å². The molecule has 1 N–H and O–H groups in total. The van der Waals surface area contributed by atoms with Gasteiger partial charge in [0.05, 0.1) is 29.6 Å². The van der Waals surface area contributed by atoms with Crippen LogP contribution in [-0.4, -0.2) is 60.0 Å². The molecule has 1 amide bonds. The van der Waals surface area contributed by atoms with Crippen LogP contribution in [0.3, 0.4) is 0 Å². The average molecular weight is 516 g/mol. The third kappa shape index (κ3) is 5.60. The number of rotatable bonds is 8. The van der Waals surface area contributed by atoms with Crippen LogP contribution in [0, 0.1) is 6.92 Å². The Morgan fingerprint density at radius 2 is 1.82 bits per heavy atom. The van der Waals surface area contributed by atoms with Gasteiger partial charge in [-0.1, -0.05) is 17.7 Å². The number of benzene rings is 2. The van der Waals surface area contributed by atoms with Crippen molar-refractivity contribution in [1.82, 2.24) is 4.31 Å². The molecule has 0 bridgehead atoms. The van der Waals surface area contributed by atoms with E-state index in [2.05, 4.69) is 5.32 Å². The Balaban J connectivity index is 1.90. The normalized spacial score (nSPS) is 14.8. The molecule has 1 aliphatic rings. The SMILES string of the molecule is COc1ccc(S(=O)(=O)N2CCCC2)cc1NC(=O)CN(c1cccc(Cl)c1C)S(C)(=O)=O. The zero-order valence-corrected chi connectivity index (χ0v) is 20.9. The van der Waals surface area contributed by atoms with Gasteiger partial charge in [-0.3, -0.25) is 9.10 Å². The highest BCUT2D eigenvalue weighted by Gasteiger charge is 2.29. The Labute approximate surface area is 199 Å². The first-order valence-electron chi connectivity index (χ1n) is 10.2. The van der Waals surface area contributed by atoms with E-state index in [9.17, 15) is 21.6 Å². The van der Waals surface area contributed by atoms with E-state index in [1.165, 1.54) is 29.6 Å². The monoisotopic (exact) mass is 515 g/mol. The number of nitrogens with zero attached hydrogens (tertiary/aromatic N) is 2. The molecule has 1 saturated heterocycles. The predicted octanol–water partition coefficient (Wildman–Crippen LogP) is 2.85. The molecule has 33 heavy (non-hydrogen) atoms. The Morgan fingerprint density at radius 1 is 1.15 bits per heavy atom. The van der Waals surface area contributed by atoms with Crippen molar-refractivity contribution in [3.8, 4) is 5.75 Å². The highest BCUT2D eigenvalue weighted by molar-refractivity contribution is 7.92. The second kappa shape index (κ2) is 9.88. The molecule has 2 aromatic rings. The van der Waals surface area contributed by atoms with Crippen LogP contribution in [0.4, 0.5) is 11.4 Å². The first-order chi connectivity index (χ1) is 15.4. The van der Waals surface area contributed by atoms with Gasteiger partial charge in [0.25, 0.3) is 0 Å². The molecule has 2 aromatic carbocycles. The van der Waals surface area contributed by atoms with Gasteiger partial charge in [0.15, 0.2) is 0 Å². The van der Waals surface area contributed by atoms with Crippen LogP contribution in [-0.2, 0) is 24.8 Å². The summed E-state index contributed by atoms with van der Waals surface area (Å²) in [5, 5.41) is 2.95. The number of anilines is 2. The predicted molar refractivity (Wildman–Crippen MR) is 128 cm³/mol. The van der Waals surface area contributed by atoms with Gasteiger partial charge >= 0.3 is 0 Å². The van der Waals surface area contributed by atoms with Crippen molar-refractivity contribution < 1.29 is 26.4 Å². The zero-order valence-electron chi connectivity index (χ0n) is 18.5. The van der Waals surface area contributed by atoms with Gasteiger partial charge in [0.1, 0.15) is 12.3 Å².